The zero-order valence-corrected chi connectivity index (χ0v) is 7.63. The number of hydrogen-bond acceptors (Lipinski definition) is 1. The first-order valence-electron chi connectivity index (χ1n) is 4.43. The van der Waals surface area contributed by atoms with E-state index in [9.17, 15) is 4.39 Å². The minimum Gasteiger partial charge on any atom is -0.361 e. The Morgan fingerprint density at radius 2 is 2.14 bits per heavy atom. The second-order valence-corrected chi connectivity index (χ2v) is 3.09. The lowest BCUT2D eigenvalue weighted by Gasteiger charge is -2.05. The van der Waals surface area contributed by atoms with Crippen LogP contribution >= 0.6 is 0 Å². The van der Waals surface area contributed by atoms with Gasteiger partial charge in [-0.1, -0.05) is 0 Å². The molecule has 14 heavy (non-hydrogen) atoms. The third kappa shape index (κ3) is 1.54. The van der Waals surface area contributed by atoms with Crippen molar-refractivity contribution in [2.75, 3.05) is 0 Å². The summed E-state index contributed by atoms with van der Waals surface area (Å²) < 4.78 is 12.9. The Morgan fingerprint density at radius 1 is 1.29 bits per heavy atom. The summed E-state index contributed by atoms with van der Waals surface area (Å²) in [6.07, 6.45) is 1.83. The molecule has 0 amide bonds. The van der Waals surface area contributed by atoms with Crippen molar-refractivity contribution in [3.63, 3.8) is 0 Å². The molecule has 1 aromatic heterocycles. The molecule has 0 atom stereocenters. The van der Waals surface area contributed by atoms with E-state index in [1.54, 1.807) is 6.07 Å². The highest BCUT2D eigenvalue weighted by molar-refractivity contribution is 5.63. The molecular weight excluding hydrogens is 179 g/mol. The second kappa shape index (κ2) is 3.64. The minimum atomic E-state index is -0.249. The average molecular weight is 190 g/mol. The summed E-state index contributed by atoms with van der Waals surface area (Å²) >= 11 is 0. The van der Waals surface area contributed by atoms with Crippen molar-refractivity contribution in [3.8, 4) is 11.3 Å². The molecule has 2 rings (SSSR count). The number of halogens is 1. The number of hydrogen-bond donors (Lipinski definition) is 2. The summed E-state index contributed by atoms with van der Waals surface area (Å²) in [6, 6.07) is 8.49. The van der Waals surface area contributed by atoms with E-state index in [4.69, 9.17) is 5.73 Å². The Labute approximate surface area is 81.6 Å². The predicted octanol–water partition coefficient (Wildman–Crippen LogP) is 2.28. The largest absolute Gasteiger partial charge is 0.361 e. The molecule has 3 N–H and O–H groups in total. The number of aromatic amines is 1. The van der Waals surface area contributed by atoms with Crippen LogP contribution in [-0.4, -0.2) is 4.98 Å². The van der Waals surface area contributed by atoms with Crippen LogP contribution in [0.4, 0.5) is 4.39 Å². The van der Waals surface area contributed by atoms with E-state index in [2.05, 4.69) is 4.98 Å². The maximum absolute atomic E-state index is 12.9. The van der Waals surface area contributed by atoms with Gasteiger partial charge in [0.15, 0.2) is 0 Å². The molecule has 1 heterocycles. The Morgan fingerprint density at radius 3 is 2.79 bits per heavy atom. The molecule has 0 aliphatic heterocycles. The zero-order valence-electron chi connectivity index (χ0n) is 7.63. The number of benzene rings is 1. The Bertz CT molecular complexity index is 421. The van der Waals surface area contributed by atoms with Gasteiger partial charge >= 0.3 is 0 Å². The molecule has 0 fully saturated rings. The molecule has 0 unspecified atom stereocenters. The highest BCUT2D eigenvalue weighted by Gasteiger charge is 2.05. The van der Waals surface area contributed by atoms with E-state index < -0.39 is 0 Å². The normalized spacial score (nSPS) is 10.4. The standard InChI is InChI=1S/C11H11FN2/c12-9-3-4-10(8(6-9)7-13)11-2-1-5-14-11/h1-6,14H,7,13H2. The van der Waals surface area contributed by atoms with Gasteiger partial charge in [-0.3, -0.25) is 0 Å². The first-order valence-corrected chi connectivity index (χ1v) is 4.43. The van der Waals surface area contributed by atoms with Crippen LogP contribution in [0, 0.1) is 5.82 Å². The fourth-order valence-corrected chi connectivity index (χ4v) is 1.49. The van der Waals surface area contributed by atoms with Gasteiger partial charge in [0.1, 0.15) is 5.82 Å². The fourth-order valence-electron chi connectivity index (χ4n) is 1.49. The molecule has 1 aromatic carbocycles. The van der Waals surface area contributed by atoms with Gasteiger partial charge in [0.2, 0.25) is 0 Å². The van der Waals surface area contributed by atoms with Gasteiger partial charge in [-0.15, -0.1) is 0 Å². The Kier molecular flexibility index (Phi) is 2.33. The van der Waals surface area contributed by atoms with Gasteiger partial charge in [-0.25, -0.2) is 4.39 Å². The lowest BCUT2D eigenvalue weighted by Crippen LogP contribution is -1.99. The topological polar surface area (TPSA) is 41.8 Å². The molecule has 0 spiro atoms. The lowest BCUT2D eigenvalue weighted by atomic mass is 10.0. The minimum absolute atomic E-state index is 0.249. The van der Waals surface area contributed by atoms with Gasteiger partial charge in [0.25, 0.3) is 0 Å². The molecular formula is C11H11FN2. The van der Waals surface area contributed by atoms with E-state index in [0.717, 1.165) is 16.8 Å². The van der Waals surface area contributed by atoms with Crippen molar-refractivity contribution < 1.29 is 4.39 Å². The lowest BCUT2D eigenvalue weighted by molar-refractivity contribution is 0.625. The summed E-state index contributed by atoms with van der Waals surface area (Å²) in [5.41, 5.74) is 8.28. The van der Waals surface area contributed by atoms with Gasteiger partial charge in [0, 0.05) is 24.0 Å². The number of nitrogens with one attached hydrogen (secondary N) is 1. The van der Waals surface area contributed by atoms with Gasteiger partial charge in [-0.05, 0) is 35.9 Å². The predicted molar refractivity (Wildman–Crippen MR) is 54.1 cm³/mol. The maximum atomic E-state index is 12.9. The van der Waals surface area contributed by atoms with Crippen molar-refractivity contribution in [3.05, 3.63) is 47.9 Å². The van der Waals surface area contributed by atoms with E-state index in [1.807, 2.05) is 18.3 Å². The van der Waals surface area contributed by atoms with E-state index in [-0.39, 0.29) is 5.82 Å². The van der Waals surface area contributed by atoms with Gasteiger partial charge in [0.05, 0.1) is 0 Å². The Hall–Kier alpha value is -1.61. The number of nitrogens with two attached hydrogens (primary N) is 1. The Balaban J connectivity index is 2.53. The zero-order chi connectivity index (χ0) is 9.97. The molecule has 0 bridgehead atoms. The highest BCUT2D eigenvalue weighted by Crippen LogP contribution is 2.22. The van der Waals surface area contributed by atoms with Crippen LogP contribution in [0.5, 0.6) is 0 Å². The second-order valence-electron chi connectivity index (χ2n) is 3.09. The van der Waals surface area contributed by atoms with Crippen molar-refractivity contribution in [1.29, 1.82) is 0 Å². The van der Waals surface area contributed by atoms with Crippen molar-refractivity contribution >= 4 is 0 Å². The third-order valence-corrected chi connectivity index (χ3v) is 2.18. The summed E-state index contributed by atoms with van der Waals surface area (Å²) in [5, 5.41) is 0. The fraction of sp³-hybridized carbons (Fsp3) is 0.0909. The first kappa shape index (κ1) is 8.97. The average Bonchev–Trinajstić information content (AvgIpc) is 2.70. The molecule has 3 heteroatoms. The van der Waals surface area contributed by atoms with Crippen molar-refractivity contribution in [1.82, 2.24) is 4.98 Å². The van der Waals surface area contributed by atoms with Crippen molar-refractivity contribution in [2.45, 2.75) is 6.54 Å². The molecule has 0 radical (unpaired) electrons. The monoisotopic (exact) mass is 190 g/mol. The van der Waals surface area contributed by atoms with Crippen LogP contribution in [0.15, 0.2) is 36.5 Å². The molecule has 2 nitrogen and oxygen atoms in total. The van der Waals surface area contributed by atoms with Gasteiger partial charge < -0.3 is 10.7 Å². The van der Waals surface area contributed by atoms with Crippen LogP contribution in [0.2, 0.25) is 0 Å². The quantitative estimate of drug-likeness (QED) is 0.749. The van der Waals surface area contributed by atoms with Crippen molar-refractivity contribution in [2.24, 2.45) is 5.73 Å². The summed E-state index contributed by atoms with van der Waals surface area (Å²) in [4.78, 5) is 3.07. The maximum Gasteiger partial charge on any atom is 0.123 e. The van der Waals surface area contributed by atoms with Crippen LogP contribution in [0.3, 0.4) is 0 Å². The SMILES string of the molecule is NCc1cc(F)ccc1-c1ccc[nH]1. The molecule has 72 valence electrons. The molecule has 0 aliphatic rings. The summed E-state index contributed by atoms with van der Waals surface area (Å²) in [6.45, 7) is 0.339. The van der Waals surface area contributed by atoms with Crippen LogP contribution in [0.1, 0.15) is 5.56 Å². The van der Waals surface area contributed by atoms with Gasteiger partial charge in [-0.2, -0.15) is 0 Å². The highest BCUT2D eigenvalue weighted by atomic mass is 19.1. The van der Waals surface area contributed by atoms with E-state index in [1.165, 1.54) is 12.1 Å². The summed E-state index contributed by atoms with van der Waals surface area (Å²) in [7, 11) is 0. The smallest absolute Gasteiger partial charge is 0.123 e. The van der Waals surface area contributed by atoms with Crippen LogP contribution in [-0.2, 0) is 6.54 Å². The van der Waals surface area contributed by atoms with Crippen LogP contribution < -0.4 is 5.73 Å². The van der Waals surface area contributed by atoms with Crippen LogP contribution in [0.25, 0.3) is 11.3 Å². The molecule has 2 aromatic rings. The summed E-state index contributed by atoms with van der Waals surface area (Å²) in [5.74, 6) is -0.249. The molecule has 0 aliphatic carbocycles. The first-order chi connectivity index (χ1) is 6.81. The number of H-pyrrole nitrogens is 1. The molecule has 0 saturated carbocycles. The third-order valence-electron chi connectivity index (χ3n) is 2.18. The number of rotatable bonds is 2. The van der Waals surface area contributed by atoms with E-state index in [0.29, 0.717) is 6.54 Å². The molecule has 0 saturated heterocycles. The number of aromatic nitrogens is 1. The van der Waals surface area contributed by atoms with E-state index >= 15 is 0 Å².